The van der Waals surface area contributed by atoms with E-state index in [-0.39, 0.29) is 17.9 Å². The minimum atomic E-state index is -0.161. The normalized spacial score (nSPS) is 13.8. The molecule has 0 fully saturated rings. The summed E-state index contributed by atoms with van der Waals surface area (Å²) in [5, 5.41) is 3.49. The molecule has 0 spiro atoms. The Kier molecular flexibility index (Phi) is 4.97. The van der Waals surface area contributed by atoms with Crippen LogP contribution in [0.4, 0.5) is 4.39 Å². The van der Waals surface area contributed by atoms with E-state index in [4.69, 9.17) is 4.74 Å². The lowest BCUT2D eigenvalue weighted by Gasteiger charge is -2.22. The molecule has 2 rings (SSSR count). The Morgan fingerprint density at radius 2 is 1.76 bits per heavy atom. The van der Waals surface area contributed by atoms with Gasteiger partial charge in [0.2, 0.25) is 0 Å². The highest BCUT2D eigenvalue weighted by Gasteiger charge is 2.15. The molecule has 0 aliphatic rings. The molecule has 3 heteroatoms. The summed E-state index contributed by atoms with van der Waals surface area (Å²) >= 11 is 0. The van der Waals surface area contributed by atoms with Crippen molar-refractivity contribution in [3.63, 3.8) is 0 Å². The maximum absolute atomic E-state index is 13.7. The van der Waals surface area contributed by atoms with Crippen LogP contribution in [0.5, 0.6) is 5.75 Å². The quantitative estimate of drug-likeness (QED) is 0.870. The number of para-hydroxylation sites is 1. The molecule has 0 saturated heterocycles. The molecule has 0 amide bonds. The minimum absolute atomic E-state index is 0.0556. The number of halogens is 1. The monoisotopic (exact) mass is 287 g/mol. The zero-order valence-corrected chi connectivity index (χ0v) is 13.0. The highest BCUT2D eigenvalue weighted by molar-refractivity contribution is 5.36. The van der Waals surface area contributed by atoms with E-state index in [1.54, 1.807) is 20.1 Å². The number of hydrogen-bond acceptors (Lipinski definition) is 2. The summed E-state index contributed by atoms with van der Waals surface area (Å²) < 4.78 is 19.1. The molecule has 0 radical (unpaired) electrons. The third kappa shape index (κ3) is 3.61. The second-order valence-corrected chi connectivity index (χ2v) is 5.36. The Bertz CT molecular complexity index is 612. The highest BCUT2D eigenvalue weighted by Crippen LogP contribution is 2.27. The van der Waals surface area contributed by atoms with Gasteiger partial charge >= 0.3 is 0 Å². The van der Waals surface area contributed by atoms with Gasteiger partial charge in [-0.25, -0.2) is 4.39 Å². The zero-order chi connectivity index (χ0) is 15.4. The fourth-order valence-electron chi connectivity index (χ4n) is 2.46. The molecular formula is C18H22FNO. The fraction of sp³-hybridized carbons (Fsp3) is 0.333. The Balaban J connectivity index is 2.14. The van der Waals surface area contributed by atoms with Crippen LogP contribution in [0.25, 0.3) is 0 Å². The van der Waals surface area contributed by atoms with E-state index >= 15 is 0 Å². The zero-order valence-electron chi connectivity index (χ0n) is 13.0. The van der Waals surface area contributed by atoms with Crippen LogP contribution < -0.4 is 10.1 Å². The second kappa shape index (κ2) is 6.72. The first kappa shape index (κ1) is 15.5. The molecule has 2 nitrogen and oxygen atoms in total. The number of hydrogen-bond donors (Lipinski definition) is 1. The largest absolute Gasteiger partial charge is 0.496 e. The summed E-state index contributed by atoms with van der Waals surface area (Å²) in [4.78, 5) is 0. The Labute approximate surface area is 126 Å². The van der Waals surface area contributed by atoms with Crippen molar-refractivity contribution in [2.24, 2.45) is 0 Å². The lowest BCUT2D eigenvalue weighted by Crippen LogP contribution is -2.23. The molecule has 0 aromatic heterocycles. The third-order valence-corrected chi connectivity index (χ3v) is 3.80. The number of rotatable bonds is 5. The predicted octanol–water partition coefficient (Wildman–Crippen LogP) is 4.55. The summed E-state index contributed by atoms with van der Waals surface area (Å²) in [5.41, 5.74) is 2.71. The van der Waals surface area contributed by atoms with E-state index in [2.05, 4.69) is 12.2 Å². The van der Waals surface area contributed by atoms with Gasteiger partial charge in [-0.3, -0.25) is 0 Å². The second-order valence-electron chi connectivity index (χ2n) is 5.36. The Morgan fingerprint density at radius 3 is 2.43 bits per heavy atom. The number of aryl methyl sites for hydroxylation is 1. The summed E-state index contributed by atoms with van der Waals surface area (Å²) in [5.74, 6) is 0.700. The lowest BCUT2D eigenvalue weighted by molar-refractivity contribution is 0.396. The molecule has 2 aromatic carbocycles. The molecule has 21 heavy (non-hydrogen) atoms. The van der Waals surface area contributed by atoms with Crippen molar-refractivity contribution in [2.75, 3.05) is 7.11 Å². The first-order valence-corrected chi connectivity index (χ1v) is 7.18. The average molecular weight is 287 g/mol. The Morgan fingerprint density at radius 1 is 1.05 bits per heavy atom. The van der Waals surface area contributed by atoms with Gasteiger partial charge in [0.15, 0.2) is 0 Å². The number of nitrogens with one attached hydrogen (secondary N) is 1. The van der Waals surface area contributed by atoms with Crippen LogP contribution in [-0.2, 0) is 0 Å². The summed E-state index contributed by atoms with van der Waals surface area (Å²) in [7, 11) is 1.67. The lowest BCUT2D eigenvalue weighted by atomic mass is 10.0. The van der Waals surface area contributed by atoms with Crippen LogP contribution in [0, 0.1) is 12.7 Å². The van der Waals surface area contributed by atoms with Crippen molar-refractivity contribution in [3.05, 3.63) is 65.0 Å². The van der Waals surface area contributed by atoms with Crippen molar-refractivity contribution >= 4 is 0 Å². The van der Waals surface area contributed by atoms with Crippen molar-refractivity contribution in [2.45, 2.75) is 32.9 Å². The molecule has 112 valence electrons. The van der Waals surface area contributed by atoms with Gasteiger partial charge in [0, 0.05) is 17.6 Å². The predicted molar refractivity (Wildman–Crippen MR) is 84.1 cm³/mol. The molecule has 0 aliphatic carbocycles. The topological polar surface area (TPSA) is 21.3 Å². The van der Waals surface area contributed by atoms with Gasteiger partial charge in [-0.05, 0) is 44.0 Å². The first-order valence-electron chi connectivity index (χ1n) is 7.18. The molecule has 2 aromatic rings. The maximum atomic E-state index is 13.7. The van der Waals surface area contributed by atoms with E-state index in [1.165, 1.54) is 0 Å². The van der Waals surface area contributed by atoms with Crippen molar-refractivity contribution in [1.29, 1.82) is 0 Å². The highest BCUT2D eigenvalue weighted by atomic mass is 19.1. The molecule has 1 unspecified atom stereocenters. The molecule has 0 aliphatic heterocycles. The smallest absolute Gasteiger partial charge is 0.126 e. The van der Waals surface area contributed by atoms with E-state index in [1.807, 2.05) is 43.3 Å². The van der Waals surface area contributed by atoms with Gasteiger partial charge in [-0.1, -0.05) is 30.3 Å². The van der Waals surface area contributed by atoms with E-state index in [9.17, 15) is 4.39 Å². The number of benzene rings is 2. The van der Waals surface area contributed by atoms with Gasteiger partial charge in [-0.2, -0.15) is 0 Å². The van der Waals surface area contributed by atoms with Crippen molar-refractivity contribution < 1.29 is 9.13 Å². The van der Waals surface area contributed by atoms with E-state index in [0.717, 1.165) is 16.9 Å². The van der Waals surface area contributed by atoms with Crippen molar-refractivity contribution in [1.82, 2.24) is 5.32 Å². The van der Waals surface area contributed by atoms with Crippen LogP contribution in [0.15, 0.2) is 42.5 Å². The average Bonchev–Trinajstić information content (AvgIpc) is 2.49. The van der Waals surface area contributed by atoms with Gasteiger partial charge < -0.3 is 10.1 Å². The van der Waals surface area contributed by atoms with Gasteiger partial charge in [-0.15, -0.1) is 0 Å². The van der Waals surface area contributed by atoms with Gasteiger partial charge in [0.05, 0.1) is 7.11 Å². The minimum Gasteiger partial charge on any atom is -0.496 e. The first-order chi connectivity index (χ1) is 10.0. The Hall–Kier alpha value is -1.87. The molecule has 0 saturated carbocycles. The standard InChI is InChI=1S/C18H22FNO/c1-12-9-10-15(11-17(12)19)13(2)20-14(3)16-7-5-6-8-18(16)21-4/h5-11,13-14,20H,1-4H3/t13?,14-/m0/s1. The van der Waals surface area contributed by atoms with Crippen LogP contribution in [0.1, 0.15) is 42.6 Å². The van der Waals surface area contributed by atoms with Crippen molar-refractivity contribution in [3.8, 4) is 5.75 Å². The van der Waals surface area contributed by atoms with Crippen LogP contribution in [0.3, 0.4) is 0 Å². The summed E-state index contributed by atoms with van der Waals surface area (Å²) in [6, 6.07) is 13.5. The fourth-order valence-corrected chi connectivity index (χ4v) is 2.46. The maximum Gasteiger partial charge on any atom is 0.126 e. The number of ether oxygens (including phenoxy) is 1. The van der Waals surface area contributed by atoms with Crippen LogP contribution >= 0.6 is 0 Å². The van der Waals surface area contributed by atoms with E-state index in [0.29, 0.717) is 5.56 Å². The molecular weight excluding hydrogens is 265 g/mol. The van der Waals surface area contributed by atoms with E-state index < -0.39 is 0 Å². The van der Waals surface area contributed by atoms with Gasteiger partial charge in [0.1, 0.15) is 11.6 Å². The third-order valence-electron chi connectivity index (χ3n) is 3.80. The molecule has 2 atom stereocenters. The number of methoxy groups -OCH3 is 1. The molecule has 0 bridgehead atoms. The molecule has 1 N–H and O–H groups in total. The SMILES string of the molecule is COc1ccccc1[C@H](C)NC(C)c1ccc(C)c(F)c1. The summed E-state index contributed by atoms with van der Waals surface area (Å²) in [6.07, 6.45) is 0. The van der Waals surface area contributed by atoms with Gasteiger partial charge in [0.25, 0.3) is 0 Å². The van der Waals surface area contributed by atoms with Crippen LogP contribution in [0.2, 0.25) is 0 Å². The summed E-state index contributed by atoms with van der Waals surface area (Å²) in [6.45, 7) is 5.89. The molecule has 0 heterocycles. The van der Waals surface area contributed by atoms with Crippen LogP contribution in [-0.4, -0.2) is 7.11 Å².